The van der Waals surface area contributed by atoms with E-state index in [0.717, 1.165) is 11.1 Å². The van der Waals surface area contributed by atoms with Crippen LogP contribution in [-0.2, 0) is 35.0 Å². The molecule has 8 atom stereocenters. The van der Waals surface area contributed by atoms with Gasteiger partial charge in [0.15, 0.2) is 5.72 Å². The van der Waals surface area contributed by atoms with Crippen molar-refractivity contribution in [3.05, 3.63) is 82.5 Å². The zero-order valence-electron chi connectivity index (χ0n) is 33.8. The zero-order valence-corrected chi connectivity index (χ0v) is 34.5. The van der Waals surface area contributed by atoms with Gasteiger partial charge in [0, 0.05) is 50.8 Å². The van der Waals surface area contributed by atoms with Gasteiger partial charge in [0.2, 0.25) is 5.91 Å². The maximum absolute atomic E-state index is 14.3. The molecule has 4 bridgehead atoms. The molecule has 15 nitrogen and oxygen atoms in total. The number of allylic oxidation sites excluding steroid dienone is 3. The highest BCUT2D eigenvalue weighted by molar-refractivity contribution is 6.35. The van der Waals surface area contributed by atoms with Gasteiger partial charge in [-0.3, -0.25) is 19.9 Å². The molecule has 0 unspecified atom stereocenters. The minimum atomic E-state index is -1.85. The normalized spacial score (nSPS) is 29.5. The maximum Gasteiger partial charge on any atom is 0.409 e. The summed E-state index contributed by atoms with van der Waals surface area (Å²) >= 11 is 6.79. The fourth-order valence-electron chi connectivity index (χ4n) is 7.64. The van der Waals surface area contributed by atoms with Crippen molar-refractivity contribution in [2.24, 2.45) is 5.92 Å². The third kappa shape index (κ3) is 8.48. The number of epoxide rings is 1. The Bertz CT molecular complexity index is 2180. The second kappa shape index (κ2) is 16.6. The van der Waals surface area contributed by atoms with Crippen LogP contribution in [0.3, 0.4) is 0 Å². The summed E-state index contributed by atoms with van der Waals surface area (Å²) < 4.78 is 29.4. The number of benzene rings is 2. The van der Waals surface area contributed by atoms with Gasteiger partial charge < -0.3 is 44.3 Å². The molecule has 310 valence electrons. The number of ether oxygens (including phenoxy) is 5. The number of nitrogens with zero attached hydrogens (tertiary/aromatic N) is 3. The average molecular weight is 820 g/mol. The molecule has 3 amide bonds. The lowest BCUT2D eigenvalue weighted by atomic mass is 9.83. The topological polar surface area (TPSA) is 195 Å². The summed E-state index contributed by atoms with van der Waals surface area (Å²) in [5.74, 6) is -1.93. The van der Waals surface area contributed by atoms with Gasteiger partial charge in [0.1, 0.15) is 40.7 Å². The van der Waals surface area contributed by atoms with Gasteiger partial charge >= 0.3 is 12.1 Å². The molecule has 58 heavy (non-hydrogen) atoms. The third-order valence-corrected chi connectivity index (χ3v) is 11.8. The number of pyridine rings is 1. The van der Waals surface area contributed by atoms with Crippen molar-refractivity contribution in [1.82, 2.24) is 15.2 Å². The number of alkyl carbamates (subject to hydrolysis) is 1. The quantitative estimate of drug-likeness (QED) is 0.172. The molecule has 6 rings (SSSR count). The van der Waals surface area contributed by atoms with Crippen molar-refractivity contribution in [3.63, 3.8) is 0 Å². The van der Waals surface area contributed by atoms with Gasteiger partial charge in [-0.15, -0.1) is 0 Å². The van der Waals surface area contributed by atoms with Gasteiger partial charge in [-0.05, 0) is 63.1 Å². The maximum atomic E-state index is 14.3. The summed E-state index contributed by atoms with van der Waals surface area (Å²) in [5.41, 5.74) is 6.25. The van der Waals surface area contributed by atoms with E-state index in [1.165, 1.54) is 44.2 Å². The van der Waals surface area contributed by atoms with E-state index in [0.29, 0.717) is 34.4 Å². The monoisotopic (exact) mass is 819 g/mol. The molecule has 4 heterocycles. The van der Waals surface area contributed by atoms with E-state index in [4.69, 9.17) is 41.0 Å². The number of carbonyl (C=O) groups is 4. The van der Waals surface area contributed by atoms with Crippen LogP contribution in [0.1, 0.15) is 56.5 Å². The number of aromatic nitrogens is 1. The molecule has 3 aliphatic heterocycles. The second-order valence-corrected chi connectivity index (χ2v) is 15.9. The van der Waals surface area contributed by atoms with Crippen molar-refractivity contribution < 1.29 is 48.0 Å². The number of nitrogen functional groups attached to an aromatic ring is 1. The van der Waals surface area contributed by atoms with E-state index in [2.05, 4.69) is 10.3 Å². The Balaban J connectivity index is 1.34. The van der Waals surface area contributed by atoms with Gasteiger partial charge in [0.05, 0.1) is 36.4 Å². The lowest BCUT2D eigenvalue weighted by molar-refractivity contribution is -0.158. The zero-order chi connectivity index (χ0) is 42.3. The fourth-order valence-corrected chi connectivity index (χ4v) is 7.95. The molecule has 1 aromatic heterocycles. The van der Waals surface area contributed by atoms with Crippen LogP contribution >= 0.6 is 11.6 Å². The molecule has 0 aliphatic carbocycles. The molecule has 0 radical (unpaired) electrons. The molecule has 2 aromatic carbocycles. The van der Waals surface area contributed by atoms with Gasteiger partial charge in [-0.1, -0.05) is 48.4 Å². The largest absolute Gasteiger partial charge is 0.495 e. The number of fused-ring (bicyclic) bond motifs is 6. The minimum absolute atomic E-state index is 0.0708. The molecule has 2 saturated heterocycles. The first-order chi connectivity index (χ1) is 27.4. The lowest BCUT2D eigenvalue weighted by Crippen LogP contribution is -2.63. The number of nitrogens with one attached hydrogen (secondary N) is 1. The molecule has 4 N–H and O–H groups in total. The third-order valence-electron chi connectivity index (χ3n) is 11.4. The van der Waals surface area contributed by atoms with Crippen LogP contribution in [0.15, 0.2) is 66.4 Å². The Hall–Kier alpha value is -5.22. The highest BCUT2D eigenvalue weighted by atomic mass is 35.5. The Kier molecular flexibility index (Phi) is 12.1. The SMILES string of the molecule is COc1cc2cc(c1Cl)N(C)C(=O)C[C@H](OC(=O)[C@H](C)N(C)C(=O)c1cnc3cc(N)ccc3c1)[C@]1(C)O[C@H]1[C@H](C)[C@@H]1C[C@@](O)(NC(=O)O1)[C@H](OC)/C=C/C=C(\C)C2. The van der Waals surface area contributed by atoms with E-state index in [1.54, 1.807) is 69.4 Å². The molecule has 16 heteroatoms. The van der Waals surface area contributed by atoms with E-state index in [1.807, 2.05) is 13.0 Å². The smallest absolute Gasteiger partial charge is 0.409 e. The Morgan fingerprint density at radius 3 is 2.64 bits per heavy atom. The van der Waals surface area contributed by atoms with Crippen molar-refractivity contribution in [1.29, 1.82) is 0 Å². The Morgan fingerprint density at radius 2 is 1.93 bits per heavy atom. The molecular formula is C42H50ClN5O10. The summed E-state index contributed by atoms with van der Waals surface area (Å²) in [5, 5.41) is 15.2. The first-order valence-electron chi connectivity index (χ1n) is 18.9. The van der Waals surface area contributed by atoms with Gasteiger partial charge in [-0.25, -0.2) is 9.59 Å². The highest BCUT2D eigenvalue weighted by Crippen LogP contribution is 2.49. The van der Waals surface area contributed by atoms with Crippen LogP contribution in [0.2, 0.25) is 5.02 Å². The van der Waals surface area contributed by atoms with Crippen molar-refractivity contribution in [2.75, 3.05) is 38.9 Å². The number of halogens is 1. The van der Waals surface area contributed by atoms with E-state index in [-0.39, 0.29) is 23.4 Å². The number of carbonyl (C=O) groups excluding carboxylic acids is 4. The summed E-state index contributed by atoms with van der Waals surface area (Å²) in [7, 11) is 5.95. The fraction of sp³-hybridized carbons (Fsp3) is 0.452. The minimum Gasteiger partial charge on any atom is -0.495 e. The number of anilines is 2. The van der Waals surface area contributed by atoms with Crippen LogP contribution in [0, 0.1) is 5.92 Å². The molecule has 2 fully saturated rings. The Morgan fingerprint density at radius 1 is 1.19 bits per heavy atom. The summed E-state index contributed by atoms with van der Waals surface area (Å²) in [6.07, 6.45) is 2.11. The van der Waals surface area contributed by atoms with Crippen LogP contribution in [0.5, 0.6) is 5.75 Å². The van der Waals surface area contributed by atoms with Crippen LogP contribution in [0.4, 0.5) is 16.2 Å². The number of methoxy groups -OCH3 is 2. The van der Waals surface area contributed by atoms with Crippen LogP contribution in [-0.4, -0.2) is 109 Å². The van der Waals surface area contributed by atoms with E-state index >= 15 is 0 Å². The first-order valence-corrected chi connectivity index (χ1v) is 19.3. The number of likely N-dealkylation sites (N-methyl/N-ethyl adjacent to an activating group) is 1. The van der Waals surface area contributed by atoms with Crippen LogP contribution in [0.25, 0.3) is 10.9 Å². The number of aliphatic hydroxyl groups is 1. The van der Waals surface area contributed by atoms with Crippen molar-refractivity contribution >= 4 is 57.8 Å². The number of esters is 1. The molecule has 0 saturated carbocycles. The summed E-state index contributed by atoms with van der Waals surface area (Å²) in [6, 6.07) is 9.28. The summed E-state index contributed by atoms with van der Waals surface area (Å²) in [4.78, 5) is 61.8. The van der Waals surface area contributed by atoms with Crippen molar-refractivity contribution in [3.8, 4) is 5.75 Å². The van der Waals surface area contributed by atoms with E-state index < -0.39 is 71.6 Å². The van der Waals surface area contributed by atoms with Crippen LogP contribution < -0.4 is 20.7 Å². The number of amides is 3. The second-order valence-electron chi connectivity index (χ2n) is 15.5. The highest BCUT2D eigenvalue weighted by Gasteiger charge is 2.64. The molecule has 3 aromatic rings. The van der Waals surface area contributed by atoms with E-state index in [9.17, 15) is 24.3 Å². The number of hydrogen-bond donors (Lipinski definition) is 3. The molecule has 0 spiro atoms. The molecular weight excluding hydrogens is 770 g/mol. The standard InChI is InChI=1S/C42H50ClN5O10/c1-22-10-9-11-33(55-8)42(53)20-32(56-40(52)46-42)23(2)37-41(4,58-37)34(19-35(49)48(6)30-15-25(14-22)16-31(54-7)36(30)43)57-39(51)24(3)47(5)38(50)27-17-26-12-13-28(44)18-29(26)45-21-27/h9-13,15-18,21,23-24,32-34,37,53H,14,19-20,44H2,1-8H3,(H,46,52)/b11-9+,22-10+/t23-,24+,32+,33-,34+,37+,41+,42+/m1/s1. The summed E-state index contributed by atoms with van der Waals surface area (Å²) in [6.45, 7) is 6.93. The number of nitrogens with two attached hydrogens (primary N) is 1. The number of hydrogen-bond acceptors (Lipinski definition) is 12. The van der Waals surface area contributed by atoms with Gasteiger partial charge in [-0.2, -0.15) is 0 Å². The van der Waals surface area contributed by atoms with Crippen molar-refractivity contribution in [2.45, 2.75) is 88.7 Å². The number of rotatable bonds is 6. The Labute approximate surface area is 342 Å². The predicted molar refractivity (Wildman–Crippen MR) is 216 cm³/mol. The van der Waals surface area contributed by atoms with Gasteiger partial charge in [0.25, 0.3) is 5.91 Å². The molecule has 3 aliphatic rings. The lowest BCUT2D eigenvalue weighted by Gasteiger charge is -2.42. The predicted octanol–water partition coefficient (Wildman–Crippen LogP) is 4.96. The average Bonchev–Trinajstić information content (AvgIpc) is 3.89. The first kappa shape index (κ1) is 42.4.